The lowest BCUT2D eigenvalue weighted by Gasteiger charge is -2.13. The molecule has 1 unspecified atom stereocenters. The standard InChI is InChI=1S/C21H28O4/c1-16-7-6-10-19(13-16)25-15-18(22)9-5-4-8-17-11-12-20(23-2)21(14-17)24-3/h6-7,10-14,18,22H,4-5,8-9,15H2,1-3H3/i2D3,3D3,4D2,9D2,18D. The van der Waals surface area contributed by atoms with E-state index in [1.165, 1.54) is 6.07 Å². The molecule has 2 aromatic carbocycles. The van der Waals surface area contributed by atoms with Crippen LogP contribution >= 0.6 is 0 Å². The van der Waals surface area contributed by atoms with E-state index in [2.05, 4.69) is 0 Å². The molecule has 0 amide bonds. The SMILES string of the molecule is [2H]C([2H])(Cc1ccc(OC([2H])([2H])[2H])c(OC([2H])([2H])[2H])c1)CC([2H])([2H])C([2H])(O)COc1cccc(C)c1. The number of rotatable bonds is 10. The molecule has 4 heteroatoms. The van der Waals surface area contributed by atoms with E-state index >= 15 is 0 Å². The molecule has 0 saturated heterocycles. The number of methoxy groups -OCH3 is 2. The van der Waals surface area contributed by atoms with Crippen molar-refractivity contribution in [3.8, 4) is 17.2 Å². The predicted molar refractivity (Wildman–Crippen MR) is 99.8 cm³/mol. The maximum absolute atomic E-state index is 10.5. The van der Waals surface area contributed by atoms with Crippen molar-refractivity contribution in [1.29, 1.82) is 0 Å². The van der Waals surface area contributed by atoms with E-state index < -0.39 is 58.1 Å². The maximum atomic E-state index is 10.5. The minimum absolute atomic E-state index is 0.150. The molecule has 0 heterocycles. The Morgan fingerprint density at radius 2 is 2.00 bits per heavy atom. The fourth-order valence-electron chi connectivity index (χ4n) is 2.11. The van der Waals surface area contributed by atoms with Gasteiger partial charge in [-0.25, -0.2) is 0 Å². The Hall–Kier alpha value is -2.20. The van der Waals surface area contributed by atoms with Crippen molar-refractivity contribution < 1.29 is 34.4 Å². The quantitative estimate of drug-likeness (QED) is 0.695. The first-order valence-electron chi connectivity index (χ1n) is 13.1. The van der Waals surface area contributed by atoms with E-state index in [-0.39, 0.29) is 11.3 Å². The van der Waals surface area contributed by atoms with Gasteiger partial charge in [0.2, 0.25) is 0 Å². The van der Waals surface area contributed by atoms with Crippen LogP contribution in [0.15, 0.2) is 42.5 Å². The highest BCUT2D eigenvalue weighted by atomic mass is 16.5. The Labute approximate surface area is 165 Å². The first kappa shape index (κ1) is 8.95. The fourth-order valence-corrected chi connectivity index (χ4v) is 2.11. The Balaban J connectivity index is 2.19. The normalized spacial score (nSPS) is 21.8. The summed E-state index contributed by atoms with van der Waals surface area (Å²) in [5.41, 5.74) is 1.01. The summed E-state index contributed by atoms with van der Waals surface area (Å²) in [6, 6.07) is 10.2. The summed E-state index contributed by atoms with van der Waals surface area (Å²) in [7, 11) is -5.83. The monoisotopic (exact) mass is 355 g/mol. The molecule has 0 aliphatic rings. The average molecular weight is 356 g/mol. The van der Waals surface area contributed by atoms with Gasteiger partial charge in [0.05, 0.1) is 29.8 Å². The van der Waals surface area contributed by atoms with Gasteiger partial charge in [0, 0.05) is 5.48 Å². The van der Waals surface area contributed by atoms with Gasteiger partial charge in [0.15, 0.2) is 11.5 Å². The molecule has 0 saturated carbocycles. The molecule has 0 aromatic heterocycles. The summed E-state index contributed by atoms with van der Waals surface area (Å²) in [5.74, 6) is -0.522. The highest BCUT2D eigenvalue weighted by Crippen LogP contribution is 2.28. The third-order valence-corrected chi connectivity index (χ3v) is 3.34. The molecule has 25 heavy (non-hydrogen) atoms. The average Bonchev–Trinajstić information content (AvgIpc) is 2.65. The van der Waals surface area contributed by atoms with Gasteiger partial charge in [-0.3, -0.25) is 0 Å². The zero-order valence-electron chi connectivity index (χ0n) is 24.8. The molecule has 1 atom stereocenters. The van der Waals surface area contributed by atoms with Crippen LogP contribution in [0.3, 0.4) is 0 Å². The summed E-state index contributed by atoms with van der Waals surface area (Å²) in [6.45, 7) is 1.06. The van der Waals surface area contributed by atoms with Crippen LogP contribution in [0.5, 0.6) is 17.2 Å². The molecule has 1 N–H and O–H groups in total. The number of aliphatic hydroxyl groups is 1. The van der Waals surface area contributed by atoms with Crippen molar-refractivity contribution in [2.45, 2.75) is 38.6 Å². The molecular weight excluding hydrogens is 316 g/mol. The molecule has 0 aliphatic carbocycles. The topological polar surface area (TPSA) is 47.9 Å². The minimum atomic E-state index is -2.94. The largest absolute Gasteiger partial charge is 0.493 e. The van der Waals surface area contributed by atoms with Crippen LogP contribution in [0.25, 0.3) is 0 Å². The molecule has 4 nitrogen and oxygen atoms in total. The molecule has 2 aromatic rings. The van der Waals surface area contributed by atoms with E-state index in [1.54, 1.807) is 18.2 Å². The zero-order valence-corrected chi connectivity index (χ0v) is 13.8. The van der Waals surface area contributed by atoms with E-state index in [9.17, 15) is 5.11 Å². The third-order valence-electron chi connectivity index (χ3n) is 3.34. The lowest BCUT2D eigenvalue weighted by atomic mass is 10.0. The van der Waals surface area contributed by atoms with Crippen molar-refractivity contribution >= 4 is 0 Å². The lowest BCUT2D eigenvalue weighted by molar-refractivity contribution is 0.0976. The van der Waals surface area contributed by atoms with Gasteiger partial charge in [0.1, 0.15) is 12.4 Å². The van der Waals surface area contributed by atoms with Crippen LogP contribution in [0.4, 0.5) is 0 Å². The van der Waals surface area contributed by atoms with Crippen molar-refractivity contribution in [2.75, 3.05) is 20.7 Å². The fraction of sp³-hybridized carbons (Fsp3) is 0.429. The molecular formula is C21H28O4. The summed E-state index contributed by atoms with van der Waals surface area (Å²) in [5, 5.41) is 10.5. The van der Waals surface area contributed by atoms with Gasteiger partial charge >= 0.3 is 0 Å². The first-order valence-corrected chi connectivity index (χ1v) is 7.61. The molecule has 0 aliphatic heterocycles. The Bertz CT molecular complexity index is 1030. The summed E-state index contributed by atoms with van der Waals surface area (Å²) in [6.07, 6.45) is -9.22. The summed E-state index contributed by atoms with van der Waals surface area (Å²) >= 11 is 0. The molecule has 0 spiro atoms. The van der Waals surface area contributed by atoms with Crippen LogP contribution in [-0.4, -0.2) is 31.9 Å². The summed E-state index contributed by atoms with van der Waals surface area (Å²) in [4.78, 5) is 0. The van der Waals surface area contributed by atoms with E-state index in [0.29, 0.717) is 5.75 Å². The smallest absolute Gasteiger partial charge is 0.160 e. The van der Waals surface area contributed by atoms with Crippen LogP contribution in [0.2, 0.25) is 0 Å². The Kier molecular flexibility index (Phi) is 3.56. The van der Waals surface area contributed by atoms with Crippen LogP contribution < -0.4 is 14.2 Å². The predicted octanol–water partition coefficient (Wildman–Crippen LogP) is 4.16. The third kappa shape index (κ3) is 6.31. The number of hydrogen-bond acceptors (Lipinski definition) is 4. The number of hydrogen-bond donors (Lipinski definition) is 1. The maximum Gasteiger partial charge on any atom is 0.160 e. The van der Waals surface area contributed by atoms with Gasteiger partial charge < -0.3 is 19.3 Å². The van der Waals surface area contributed by atoms with E-state index in [1.807, 2.05) is 13.0 Å². The molecule has 0 fully saturated rings. The molecule has 0 bridgehead atoms. The van der Waals surface area contributed by atoms with Gasteiger partial charge in [-0.05, 0) is 61.5 Å². The second-order valence-corrected chi connectivity index (χ2v) is 5.32. The van der Waals surface area contributed by atoms with Gasteiger partial charge in [-0.1, -0.05) is 24.6 Å². The second-order valence-electron chi connectivity index (χ2n) is 5.32. The van der Waals surface area contributed by atoms with E-state index in [4.69, 9.17) is 29.3 Å². The zero-order chi connectivity index (χ0) is 27.6. The van der Waals surface area contributed by atoms with Gasteiger partial charge in [-0.2, -0.15) is 0 Å². The van der Waals surface area contributed by atoms with Crippen molar-refractivity contribution in [3.63, 3.8) is 0 Å². The lowest BCUT2D eigenvalue weighted by Crippen LogP contribution is -2.17. The van der Waals surface area contributed by atoms with Crippen molar-refractivity contribution in [1.82, 2.24) is 0 Å². The Morgan fingerprint density at radius 1 is 1.16 bits per heavy atom. The van der Waals surface area contributed by atoms with Crippen LogP contribution in [0.1, 0.15) is 45.4 Å². The Morgan fingerprint density at radius 3 is 2.80 bits per heavy atom. The van der Waals surface area contributed by atoms with Crippen molar-refractivity contribution in [2.24, 2.45) is 0 Å². The number of ether oxygens (including phenoxy) is 3. The summed E-state index contributed by atoms with van der Waals surface area (Å²) < 4.78 is 99.4. The van der Waals surface area contributed by atoms with Crippen LogP contribution in [-0.2, 0) is 6.42 Å². The minimum Gasteiger partial charge on any atom is -0.493 e. The van der Waals surface area contributed by atoms with Crippen LogP contribution in [0, 0.1) is 6.92 Å². The highest BCUT2D eigenvalue weighted by Gasteiger charge is 2.07. The highest BCUT2D eigenvalue weighted by molar-refractivity contribution is 5.42. The van der Waals surface area contributed by atoms with Crippen molar-refractivity contribution in [3.05, 3.63) is 53.6 Å². The number of benzene rings is 2. The molecule has 2 rings (SSSR count). The second kappa shape index (κ2) is 9.94. The van der Waals surface area contributed by atoms with Gasteiger partial charge in [0.25, 0.3) is 0 Å². The van der Waals surface area contributed by atoms with Gasteiger partial charge in [-0.15, -0.1) is 0 Å². The molecule has 136 valence electrons. The molecule has 0 radical (unpaired) electrons. The van der Waals surface area contributed by atoms with E-state index in [0.717, 1.165) is 17.7 Å². The number of aryl methyl sites for hydroxylation is 2. The first-order chi connectivity index (χ1) is 16.2.